The molecule has 0 aliphatic heterocycles. The van der Waals surface area contributed by atoms with Crippen LogP contribution in [0.4, 0.5) is 0 Å². The highest BCUT2D eigenvalue weighted by Gasteiger charge is 1.99. The quantitative estimate of drug-likeness (QED) is 0.354. The van der Waals surface area contributed by atoms with Gasteiger partial charge in [0.2, 0.25) is 0 Å². The van der Waals surface area contributed by atoms with E-state index >= 15 is 0 Å². The van der Waals surface area contributed by atoms with Gasteiger partial charge in [-0.15, -0.1) is 6.58 Å². The molecule has 7 heteroatoms. The smallest absolute Gasteiger partial charge is 0.397 e. The van der Waals surface area contributed by atoms with Crippen molar-refractivity contribution in [3.05, 3.63) is 12.7 Å². The maximum absolute atomic E-state index is 9.68. The normalized spacial score (nSPS) is 9.18. The summed E-state index contributed by atoms with van der Waals surface area (Å²) in [4.78, 5) is 8.36. The van der Waals surface area contributed by atoms with E-state index in [-0.39, 0.29) is 13.1 Å². The molecule has 0 atom stereocenters. The fourth-order valence-electron chi connectivity index (χ4n) is 0.134. The van der Waals surface area contributed by atoms with Gasteiger partial charge in [0.15, 0.2) is 0 Å². The van der Waals surface area contributed by atoms with Gasteiger partial charge >= 0.3 is 10.4 Å². The van der Waals surface area contributed by atoms with Crippen LogP contribution in [0.25, 0.3) is 0 Å². The van der Waals surface area contributed by atoms with E-state index in [0.29, 0.717) is 0 Å². The molecule has 0 amide bonds. The molecule has 0 aromatic rings. The fraction of sp³-hybridized carbons (Fsp3) is 0.250. The predicted molar refractivity (Wildman–Crippen MR) is 36.4 cm³/mol. The molecule has 0 bridgehead atoms. The summed E-state index contributed by atoms with van der Waals surface area (Å²) < 4.78 is 31.0. The molecule has 0 aromatic carbocycles. The Kier molecular flexibility index (Phi) is 8.32. The molecule has 0 rings (SSSR count). The summed E-state index contributed by atoms with van der Waals surface area (Å²) in [5, 5.41) is 6.89. The second kappa shape index (κ2) is 7.19. The summed E-state index contributed by atoms with van der Waals surface area (Å²) >= 11 is 0. The minimum Gasteiger partial charge on any atom is -0.483 e. The molecule has 0 spiro atoms. The molecule has 0 aliphatic carbocycles. The SMILES string of the molecule is C=CCOS(=O)(=O)O.O=CO. The number of hydrogen-bond acceptors (Lipinski definition) is 4. The summed E-state index contributed by atoms with van der Waals surface area (Å²) in [5.74, 6) is 0. The molecule has 0 radical (unpaired) electrons. The Morgan fingerprint density at radius 3 is 2.00 bits per heavy atom. The Hall–Kier alpha value is -0.920. The largest absolute Gasteiger partial charge is 0.483 e. The summed E-state index contributed by atoms with van der Waals surface area (Å²) in [6.07, 6.45) is 1.22. The van der Waals surface area contributed by atoms with Crippen LogP contribution in [0.3, 0.4) is 0 Å². The van der Waals surface area contributed by atoms with Gasteiger partial charge in [0.1, 0.15) is 0 Å². The molecule has 2 N–H and O–H groups in total. The van der Waals surface area contributed by atoms with Gasteiger partial charge in [-0.3, -0.25) is 9.35 Å². The second-order valence-electron chi connectivity index (χ2n) is 1.11. The zero-order chi connectivity index (χ0) is 9.33. The van der Waals surface area contributed by atoms with Crippen molar-refractivity contribution in [2.45, 2.75) is 0 Å². The Morgan fingerprint density at radius 1 is 1.55 bits per heavy atom. The summed E-state index contributed by atoms with van der Waals surface area (Å²) in [6, 6.07) is 0. The van der Waals surface area contributed by atoms with Crippen molar-refractivity contribution in [1.29, 1.82) is 0 Å². The predicted octanol–water partition coefficient (Wildman–Crippen LogP) is -0.307. The molecule has 11 heavy (non-hydrogen) atoms. The highest BCUT2D eigenvalue weighted by Crippen LogP contribution is 1.83. The average Bonchev–Trinajstić information content (AvgIpc) is 1.84. The van der Waals surface area contributed by atoms with Gasteiger partial charge in [-0.05, 0) is 0 Å². The van der Waals surface area contributed by atoms with E-state index in [9.17, 15) is 8.42 Å². The highest BCUT2D eigenvalue weighted by molar-refractivity contribution is 7.80. The molecule has 66 valence electrons. The molecule has 0 fully saturated rings. The molecular weight excluding hydrogens is 176 g/mol. The Morgan fingerprint density at radius 2 is 1.91 bits per heavy atom. The van der Waals surface area contributed by atoms with E-state index in [1.165, 1.54) is 6.08 Å². The summed E-state index contributed by atoms with van der Waals surface area (Å²) in [7, 11) is -4.26. The third-order valence-electron chi connectivity index (χ3n) is 0.335. The molecular formula is C4H8O6S. The van der Waals surface area contributed by atoms with Crippen LogP contribution in [-0.4, -0.2) is 31.2 Å². The van der Waals surface area contributed by atoms with Crippen LogP contribution >= 0.6 is 0 Å². The van der Waals surface area contributed by atoms with Gasteiger partial charge in [-0.2, -0.15) is 8.42 Å². The van der Waals surface area contributed by atoms with E-state index in [2.05, 4.69) is 10.8 Å². The lowest BCUT2D eigenvalue weighted by atomic mass is 10.7. The highest BCUT2D eigenvalue weighted by atomic mass is 32.3. The first-order valence-electron chi connectivity index (χ1n) is 2.28. The van der Waals surface area contributed by atoms with E-state index in [4.69, 9.17) is 14.5 Å². The van der Waals surface area contributed by atoms with Gasteiger partial charge in [-0.1, -0.05) is 6.08 Å². The van der Waals surface area contributed by atoms with E-state index in [1.54, 1.807) is 0 Å². The lowest BCUT2D eigenvalue weighted by Gasteiger charge is -1.90. The number of carbonyl (C=O) groups is 1. The molecule has 0 unspecified atom stereocenters. The number of rotatable bonds is 3. The van der Waals surface area contributed by atoms with Crippen molar-refractivity contribution in [2.24, 2.45) is 0 Å². The lowest BCUT2D eigenvalue weighted by Crippen LogP contribution is -2.02. The molecule has 0 heterocycles. The van der Waals surface area contributed by atoms with Gasteiger partial charge in [0.05, 0.1) is 6.61 Å². The molecule has 0 aromatic heterocycles. The van der Waals surface area contributed by atoms with Gasteiger partial charge in [0.25, 0.3) is 6.47 Å². The van der Waals surface area contributed by atoms with Crippen LogP contribution in [-0.2, 0) is 19.4 Å². The van der Waals surface area contributed by atoms with Crippen LogP contribution < -0.4 is 0 Å². The zero-order valence-corrected chi connectivity index (χ0v) is 6.32. The lowest BCUT2D eigenvalue weighted by molar-refractivity contribution is -0.122. The molecule has 0 saturated carbocycles. The van der Waals surface area contributed by atoms with E-state index in [1.807, 2.05) is 0 Å². The van der Waals surface area contributed by atoms with Crippen molar-refractivity contribution in [3.8, 4) is 0 Å². The van der Waals surface area contributed by atoms with Gasteiger partial charge in [0, 0.05) is 0 Å². The third-order valence-corrected chi connectivity index (χ3v) is 0.769. The van der Waals surface area contributed by atoms with E-state index < -0.39 is 10.4 Å². The monoisotopic (exact) mass is 184 g/mol. The fourth-order valence-corrected chi connectivity index (χ4v) is 0.402. The Balaban J connectivity index is 0. The first-order chi connectivity index (χ1) is 4.97. The zero-order valence-electron chi connectivity index (χ0n) is 5.50. The van der Waals surface area contributed by atoms with Crippen molar-refractivity contribution in [3.63, 3.8) is 0 Å². The number of carboxylic acid groups (broad SMARTS) is 1. The summed E-state index contributed by atoms with van der Waals surface area (Å²) in [5.41, 5.74) is 0. The van der Waals surface area contributed by atoms with Gasteiger partial charge in [-0.25, -0.2) is 4.18 Å². The molecule has 0 aliphatic rings. The Bertz CT molecular complexity index is 193. The topological polar surface area (TPSA) is 101 Å². The maximum Gasteiger partial charge on any atom is 0.397 e. The minimum atomic E-state index is -4.26. The van der Waals surface area contributed by atoms with Crippen LogP contribution in [0.5, 0.6) is 0 Å². The van der Waals surface area contributed by atoms with E-state index in [0.717, 1.165) is 0 Å². The first kappa shape index (κ1) is 12.7. The molecule has 0 saturated heterocycles. The maximum atomic E-state index is 9.68. The Labute approximate surface area is 64.1 Å². The van der Waals surface area contributed by atoms with Crippen LogP contribution in [0, 0.1) is 0 Å². The molecule has 6 nitrogen and oxygen atoms in total. The first-order valence-corrected chi connectivity index (χ1v) is 3.65. The van der Waals surface area contributed by atoms with Crippen molar-refractivity contribution in [1.82, 2.24) is 0 Å². The van der Waals surface area contributed by atoms with Crippen molar-refractivity contribution < 1.29 is 27.1 Å². The van der Waals surface area contributed by atoms with Crippen molar-refractivity contribution >= 4 is 16.9 Å². The minimum absolute atomic E-state index is 0.196. The second-order valence-corrected chi connectivity index (χ2v) is 2.20. The average molecular weight is 184 g/mol. The van der Waals surface area contributed by atoms with Crippen LogP contribution in [0.15, 0.2) is 12.7 Å². The van der Waals surface area contributed by atoms with Crippen molar-refractivity contribution in [2.75, 3.05) is 6.61 Å². The van der Waals surface area contributed by atoms with Crippen LogP contribution in [0.2, 0.25) is 0 Å². The number of hydrogen-bond donors (Lipinski definition) is 2. The third kappa shape index (κ3) is 27.3. The summed E-state index contributed by atoms with van der Waals surface area (Å²) in [6.45, 7) is 2.72. The standard InChI is InChI=1S/C3H6O4S.CH2O2/c1-2-3-7-8(4,5)6;2-1-3/h2H,1,3H2,(H,4,5,6);1H,(H,2,3). The van der Waals surface area contributed by atoms with Crippen LogP contribution in [0.1, 0.15) is 0 Å². The van der Waals surface area contributed by atoms with Gasteiger partial charge < -0.3 is 5.11 Å².